The first kappa shape index (κ1) is 9.14. The van der Waals surface area contributed by atoms with Crippen molar-refractivity contribution in [1.29, 1.82) is 0 Å². The Morgan fingerprint density at radius 2 is 2.21 bits per heavy atom. The summed E-state index contributed by atoms with van der Waals surface area (Å²) in [7, 11) is 0. The van der Waals surface area contributed by atoms with Crippen molar-refractivity contribution < 1.29 is 4.52 Å². The highest BCUT2D eigenvalue weighted by Gasteiger charge is 2.14. The van der Waals surface area contributed by atoms with Gasteiger partial charge in [-0.2, -0.15) is 4.98 Å². The maximum Gasteiger partial charge on any atom is 0.269 e. The number of hydrogen-bond acceptors (Lipinski definition) is 6. The van der Waals surface area contributed by atoms with E-state index in [0.717, 1.165) is 17.0 Å². The topological polar surface area (TPSA) is 77.8 Å². The molecule has 0 fully saturated rings. The van der Waals surface area contributed by atoms with E-state index in [1.54, 1.807) is 0 Å². The van der Waals surface area contributed by atoms with Crippen molar-refractivity contribution in [2.24, 2.45) is 0 Å². The van der Waals surface area contributed by atoms with Gasteiger partial charge in [0.1, 0.15) is 4.88 Å². The van der Waals surface area contributed by atoms with E-state index in [-0.39, 0.29) is 0 Å². The molecule has 0 aliphatic rings. The molecule has 5 nitrogen and oxygen atoms in total. The van der Waals surface area contributed by atoms with Crippen LogP contribution < -0.4 is 5.73 Å². The Kier molecular flexibility index (Phi) is 2.20. The summed E-state index contributed by atoms with van der Waals surface area (Å²) in [6.45, 7) is 3.85. The van der Waals surface area contributed by atoms with Crippen LogP contribution in [0.4, 0.5) is 5.13 Å². The molecule has 2 heterocycles. The summed E-state index contributed by atoms with van der Waals surface area (Å²) in [5.41, 5.74) is 6.41. The van der Waals surface area contributed by atoms with Crippen LogP contribution in [0.2, 0.25) is 0 Å². The van der Waals surface area contributed by atoms with E-state index < -0.39 is 0 Å². The number of nitrogen functional groups attached to an aromatic ring is 1. The number of anilines is 1. The molecule has 0 radical (unpaired) electrons. The predicted octanol–water partition coefficient (Wildman–Crippen LogP) is 1.65. The quantitative estimate of drug-likeness (QED) is 0.815. The summed E-state index contributed by atoms with van der Waals surface area (Å²) in [6, 6.07) is 0. The van der Waals surface area contributed by atoms with Crippen molar-refractivity contribution in [2.75, 3.05) is 5.73 Å². The van der Waals surface area contributed by atoms with E-state index in [4.69, 9.17) is 10.3 Å². The van der Waals surface area contributed by atoms with Gasteiger partial charge >= 0.3 is 0 Å². The molecule has 0 aliphatic carbocycles. The first-order valence-electron chi connectivity index (χ1n) is 4.26. The van der Waals surface area contributed by atoms with E-state index >= 15 is 0 Å². The van der Waals surface area contributed by atoms with E-state index in [9.17, 15) is 0 Å². The lowest BCUT2D eigenvalue weighted by Crippen LogP contribution is -1.82. The number of hydrogen-bond donors (Lipinski definition) is 1. The van der Waals surface area contributed by atoms with E-state index in [0.29, 0.717) is 16.8 Å². The molecule has 2 rings (SSSR count). The highest BCUT2D eigenvalue weighted by Crippen LogP contribution is 2.29. The van der Waals surface area contributed by atoms with Crippen LogP contribution in [0.1, 0.15) is 18.4 Å². The molecule has 0 aromatic carbocycles. The minimum absolute atomic E-state index is 0.508. The average Bonchev–Trinajstić information content (AvgIpc) is 2.71. The highest BCUT2D eigenvalue weighted by atomic mass is 32.1. The lowest BCUT2D eigenvalue weighted by atomic mass is 10.4. The molecular weight excluding hydrogens is 200 g/mol. The Balaban J connectivity index is 2.43. The molecule has 0 saturated carbocycles. The monoisotopic (exact) mass is 210 g/mol. The SMILES string of the molecule is CCc1noc(-c2sc(N)nc2C)n1. The number of aryl methyl sites for hydroxylation is 2. The molecule has 0 unspecified atom stereocenters. The van der Waals surface area contributed by atoms with E-state index in [2.05, 4.69) is 15.1 Å². The van der Waals surface area contributed by atoms with Crippen LogP contribution in [0.5, 0.6) is 0 Å². The third-order valence-corrected chi connectivity index (χ3v) is 2.77. The molecule has 6 heteroatoms. The van der Waals surface area contributed by atoms with Crippen LogP contribution in [0.15, 0.2) is 4.52 Å². The third kappa shape index (κ3) is 1.48. The van der Waals surface area contributed by atoms with Crippen LogP contribution in [0.3, 0.4) is 0 Å². The van der Waals surface area contributed by atoms with Crippen LogP contribution in [-0.2, 0) is 6.42 Å². The Morgan fingerprint density at radius 3 is 2.71 bits per heavy atom. The van der Waals surface area contributed by atoms with Gasteiger partial charge in [-0.3, -0.25) is 0 Å². The van der Waals surface area contributed by atoms with Gasteiger partial charge in [0.05, 0.1) is 5.69 Å². The van der Waals surface area contributed by atoms with Crippen molar-refractivity contribution in [3.05, 3.63) is 11.5 Å². The first-order valence-corrected chi connectivity index (χ1v) is 5.08. The number of aromatic nitrogens is 3. The summed E-state index contributed by atoms with van der Waals surface area (Å²) in [5, 5.41) is 4.34. The van der Waals surface area contributed by atoms with Gasteiger partial charge in [-0.1, -0.05) is 23.4 Å². The third-order valence-electron chi connectivity index (χ3n) is 1.79. The van der Waals surface area contributed by atoms with Gasteiger partial charge in [0.2, 0.25) is 0 Å². The number of nitrogens with two attached hydrogens (primary N) is 1. The summed E-state index contributed by atoms with van der Waals surface area (Å²) < 4.78 is 5.09. The van der Waals surface area contributed by atoms with Crippen molar-refractivity contribution in [3.8, 4) is 10.8 Å². The van der Waals surface area contributed by atoms with Crippen LogP contribution >= 0.6 is 11.3 Å². The first-order chi connectivity index (χ1) is 6.70. The second kappa shape index (κ2) is 3.38. The minimum atomic E-state index is 0.508. The Labute approximate surface area is 85.0 Å². The maximum atomic E-state index is 5.57. The molecule has 0 atom stereocenters. The van der Waals surface area contributed by atoms with Gasteiger partial charge in [0, 0.05) is 6.42 Å². The van der Waals surface area contributed by atoms with Crippen LogP contribution in [-0.4, -0.2) is 15.1 Å². The zero-order valence-electron chi connectivity index (χ0n) is 7.94. The molecular formula is C8H10N4OS. The molecule has 2 aromatic heterocycles. The van der Waals surface area contributed by atoms with Gasteiger partial charge in [0.15, 0.2) is 11.0 Å². The number of nitrogens with zero attached hydrogens (tertiary/aromatic N) is 3. The number of rotatable bonds is 2. The molecule has 74 valence electrons. The Morgan fingerprint density at radius 1 is 1.43 bits per heavy atom. The fourth-order valence-electron chi connectivity index (χ4n) is 1.11. The van der Waals surface area contributed by atoms with Gasteiger partial charge in [-0.15, -0.1) is 0 Å². The molecule has 0 amide bonds. The van der Waals surface area contributed by atoms with Gasteiger partial charge < -0.3 is 10.3 Å². The maximum absolute atomic E-state index is 5.57. The largest absolute Gasteiger partial charge is 0.375 e. The second-order valence-electron chi connectivity index (χ2n) is 2.84. The molecule has 14 heavy (non-hydrogen) atoms. The van der Waals surface area contributed by atoms with Gasteiger partial charge in [-0.05, 0) is 6.92 Å². The molecule has 0 spiro atoms. The standard InChI is InChI=1S/C8H10N4OS/c1-3-5-11-7(13-12-5)6-4(2)10-8(9)14-6/h3H2,1-2H3,(H2,9,10). The lowest BCUT2D eigenvalue weighted by molar-refractivity contribution is 0.424. The van der Waals surface area contributed by atoms with Gasteiger partial charge in [-0.25, -0.2) is 4.98 Å². The smallest absolute Gasteiger partial charge is 0.269 e. The summed E-state index contributed by atoms with van der Waals surface area (Å²) >= 11 is 1.36. The Bertz CT molecular complexity index is 448. The predicted molar refractivity (Wildman–Crippen MR) is 53.9 cm³/mol. The van der Waals surface area contributed by atoms with Crippen LogP contribution in [0, 0.1) is 6.92 Å². The summed E-state index contributed by atoms with van der Waals surface area (Å²) in [4.78, 5) is 9.16. The van der Waals surface area contributed by atoms with E-state index in [1.165, 1.54) is 11.3 Å². The summed E-state index contributed by atoms with van der Waals surface area (Å²) in [5.74, 6) is 1.21. The van der Waals surface area contributed by atoms with Crippen molar-refractivity contribution in [1.82, 2.24) is 15.1 Å². The highest BCUT2D eigenvalue weighted by molar-refractivity contribution is 7.18. The fourth-order valence-corrected chi connectivity index (χ4v) is 1.86. The molecule has 0 bridgehead atoms. The zero-order chi connectivity index (χ0) is 10.1. The second-order valence-corrected chi connectivity index (χ2v) is 3.87. The van der Waals surface area contributed by atoms with Gasteiger partial charge in [0.25, 0.3) is 5.89 Å². The normalized spacial score (nSPS) is 10.7. The van der Waals surface area contributed by atoms with Crippen molar-refractivity contribution in [3.63, 3.8) is 0 Å². The van der Waals surface area contributed by atoms with Crippen molar-refractivity contribution in [2.45, 2.75) is 20.3 Å². The van der Waals surface area contributed by atoms with E-state index in [1.807, 2.05) is 13.8 Å². The number of thiazole rings is 1. The minimum Gasteiger partial charge on any atom is -0.375 e. The molecule has 0 saturated heterocycles. The van der Waals surface area contributed by atoms with Crippen molar-refractivity contribution >= 4 is 16.5 Å². The molecule has 2 aromatic rings. The zero-order valence-corrected chi connectivity index (χ0v) is 8.76. The summed E-state index contributed by atoms with van der Waals surface area (Å²) in [6.07, 6.45) is 0.761. The van der Waals surface area contributed by atoms with Crippen LogP contribution in [0.25, 0.3) is 10.8 Å². The lowest BCUT2D eigenvalue weighted by Gasteiger charge is -1.86. The molecule has 2 N–H and O–H groups in total. The molecule has 0 aliphatic heterocycles. The Hall–Kier alpha value is -1.43. The fraction of sp³-hybridized carbons (Fsp3) is 0.375. The average molecular weight is 210 g/mol.